The lowest BCUT2D eigenvalue weighted by Gasteiger charge is -2.23. The Bertz CT molecular complexity index is 582. The van der Waals surface area contributed by atoms with Crippen LogP contribution in [0.4, 0.5) is 11.8 Å². The Labute approximate surface area is 129 Å². The van der Waals surface area contributed by atoms with Crippen molar-refractivity contribution in [1.82, 2.24) is 9.97 Å². The number of fused-ring (bicyclic) bond motifs is 1. The highest BCUT2D eigenvalue weighted by molar-refractivity contribution is 7.16. The molecule has 116 valence electrons. The molecule has 0 amide bonds. The summed E-state index contributed by atoms with van der Waals surface area (Å²) < 4.78 is 0. The molecule has 0 aliphatic carbocycles. The summed E-state index contributed by atoms with van der Waals surface area (Å²) in [4.78, 5) is 10.0. The van der Waals surface area contributed by atoms with Crippen molar-refractivity contribution in [3.8, 4) is 0 Å². The van der Waals surface area contributed by atoms with Gasteiger partial charge in [-0.15, -0.1) is 11.3 Å². The molecule has 0 aliphatic heterocycles. The highest BCUT2D eigenvalue weighted by Crippen LogP contribution is 2.27. The zero-order valence-corrected chi connectivity index (χ0v) is 13.8. The number of aromatic nitrogens is 2. The Morgan fingerprint density at radius 3 is 2.76 bits per heavy atom. The monoisotopic (exact) mass is 308 g/mol. The average molecular weight is 308 g/mol. The standard InChI is InChI=1S/C15H24N4OS/c1-4-7-15(3,20)10-17-12-11-6-9-21-13(11)19-14(18-12)16-8-5-2/h6,9,20H,4-5,7-8,10H2,1-3H3,(H2,16,17,18,19). The Hall–Kier alpha value is -1.40. The Morgan fingerprint density at radius 2 is 2.05 bits per heavy atom. The summed E-state index contributed by atoms with van der Waals surface area (Å²) in [5.41, 5.74) is -0.723. The first-order chi connectivity index (χ1) is 10.1. The van der Waals surface area contributed by atoms with Crippen LogP contribution in [0.15, 0.2) is 11.4 Å². The molecule has 0 saturated heterocycles. The number of rotatable bonds is 8. The van der Waals surface area contributed by atoms with E-state index in [2.05, 4.69) is 34.4 Å². The van der Waals surface area contributed by atoms with Gasteiger partial charge in [-0.1, -0.05) is 20.3 Å². The molecular weight excluding hydrogens is 284 g/mol. The molecule has 2 rings (SSSR count). The van der Waals surface area contributed by atoms with E-state index in [1.807, 2.05) is 18.4 Å². The summed E-state index contributed by atoms with van der Waals surface area (Å²) in [6.45, 7) is 7.37. The number of nitrogens with zero attached hydrogens (tertiary/aromatic N) is 2. The third kappa shape index (κ3) is 4.28. The van der Waals surface area contributed by atoms with Crippen molar-refractivity contribution in [1.29, 1.82) is 0 Å². The van der Waals surface area contributed by atoms with E-state index < -0.39 is 5.60 Å². The van der Waals surface area contributed by atoms with Crippen LogP contribution in [0.25, 0.3) is 10.2 Å². The van der Waals surface area contributed by atoms with Crippen molar-refractivity contribution in [2.45, 2.75) is 45.6 Å². The summed E-state index contributed by atoms with van der Waals surface area (Å²) in [7, 11) is 0. The predicted molar refractivity (Wildman–Crippen MR) is 90.2 cm³/mol. The lowest BCUT2D eigenvalue weighted by atomic mass is 10.0. The second kappa shape index (κ2) is 7.04. The molecule has 0 saturated carbocycles. The van der Waals surface area contributed by atoms with Crippen molar-refractivity contribution in [3.63, 3.8) is 0 Å². The van der Waals surface area contributed by atoms with Crippen LogP contribution in [0, 0.1) is 0 Å². The summed E-state index contributed by atoms with van der Waals surface area (Å²) in [5, 5.41) is 19.8. The van der Waals surface area contributed by atoms with Gasteiger partial charge in [0, 0.05) is 13.1 Å². The number of thiophene rings is 1. The van der Waals surface area contributed by atoms with Crippen LogP contribution >= 0.6 is 11.3 Å². The maximum Gasteiger partial charge on any atom is 0.226 e. The van der Waals surface area contributed by atoms with Gasteiger partial charge in [0.25, 0.3) is 0 Å². The SMILES string of the molecule is CCCNc1nc(NCC(C)(O)CCC)c2ccsc2n1. The highest BCUT2D eigenvalue weighted by Gasteiger charge is 2.19. The average Bonchev–Trinajstić information content (AvgIpc) is 2.91. The minimum absolute atomic E-state index is 0.482. The molecule has 21 heavy (non-hydrogen) atoms. The fourth-order valence-corrected chi connectivity index (χ4v) is 2.97. The Morgan fingerprint density at radius 1 is 1.24 bits per heavy atom. The van der Waals surface area contributed by atoms with Gasteiger partial charge in [0.1, 0.15) is 10.6 Å². The smallest absolute Gasteiger partial charge is 0.226 e. The van der Waals surface area contributed by atoms with Crippen LogP contribution in [0.3, 0.4) is 0 Å². The normalized spacial score (nSPS) is 14.1. The molecule has 0 aliphatic rings. The molecule has 2 aromatic rings. The lowest BCUT2D eigenvalue weighted by molar-refractivity contribution is 0.0636. The Balaban J connectivity index is 2.18. The molecule has 1 atom stereocenters. The summed E-state index contributed by atoms with van der Waals surface area (Å²) in [5.74, 6) is 1.43. The van der Waals surface area contributed by atoms with Crippen LogP contribution < -0.4 is 10.6 Å². The maximum absolute atomic E-state index is 10.3. The predicted octanol–water partition coefficient (Wildman–Crippen LogP) is 3.48. The first-order valence-electron chi connectivity index (χ1n) is 7.51. The van der Waals surface area contributed by atoms with E-state index in [1.54, 1.807) is 11.3 Å². The maximum atomic E-state index is 10.3. The molecule has 1 unspecified atom stereocenters. The number of anilines is 2. The van der Waals surface area contributed by atoms with E-state index in [0.29, 0.717) is 12.5 Å². The molecule has 0 radical (unpaired) electrons. The van der Waals surface area contributed by atoms with Crippen LogP contribution in [0.1, 0.15) is 40.0 Å². The van der Waals surface area contributed by atoms with Crippen LogP contribution in [-0.4, -0.2) is 33.8 Å². The van der Waals surface area contributed by atoms with Gasteiger partial charge in [-0.3, -0.25) is 0 Å². The van der Waals surface area contributed by atoms with E-state index in [9.17, 15) is 5.11 Å². The van der Waals surface area contributed by atoms with E-state index in [-0.39, 0.29) is 0 Å². The molecule has 6 heteroatoms. The van der Waals surface area contributed by atoms with Crippen LogP contribution in [0.5, 0.6) is 0 Å². The third-order valence-electron chi connectivity index (χ3n) is 3.28. The molecule has 2 aromatic heterocycles. The van der Waals surface area contributed by atoms with Crippen molar-refractivity contribution in [3.05, 3.63) is 11.4 Å². The van der Waals surface area contributed by atoms with Gasteiger partial charge in [-0.25, -0.2) is 4.98 Å². The quantitative estimate of drug-likeness (QED) is 0.696. The second-order valence-electron chi connectivity index (χ2n) is 5.56. The van der Waals surface area contributed by atoms with Gasteiger partial charge >= 0.3 is 0 Å². The van der Waals surface area contributed by atoms with Crippen molar-refractivity contribution >= 4 is 33.3 Å². The van der Waals surface area contributed by atoms with E-state index in [4.69, 9.17) is 0 Å². The molecule has 0 aromatic carbocycles. The van der Waals surface area contributed by atoms with Crippen LogP contribution in [0.2, 0.25) is 0 Å². The first kappa shape index (κ1) is 16.0. The zero-order valence-electron chi connectivity index (χ0n) is 12.9. The highest BCUT2D eigenvalue weighted by atomic mass is 32.1. The molecule has 5 nitrogen and oxygen atoms in total. The van der Waals surface area contributed by atoms with Gasteiger partial charge in [0.05, 0.1) is 11.0 Å². The number of hydrogen-bond acceptors (Lipinski definition) is 6. The summed E-state index contributed by atoms with van der Waals surface area (Å²) in [6.07, 6.45) is 2.74. The van der Waals surface area contributed by atoms with Crippen LogP contribution in [-0.2, 0) is 0 Å². The van der Waals surface area contributed by atoms with E-state index >= 15 is 0 Å². The molecule has 0 spiro atoms. The number of nitrogens with one attached hydrogen (secondary N) is 2. The first-order valence-corrected chi connectivity index (χ1v) is 8.39. The number of aliphatic hydroxyl groups is 1. The number of hydrogen-bond donors (Lipinski definition) is 3. The van der Waals surface area contributed by atoms with Gasteiger partial charge in [0.15, 0.2) is 0 Å². The van der Waals surface area contributed by atoms with Gasteiger partial charge in [-0.05, 0) is 31.2 Å². The summed E-state index contributed by atoms with van der Waals surface area (Å²) in [6, 6.07) is 2.01. The summed E-state index contributed by atoms with van der Waals surface area (Å²) >= 11 is 1.60. The fourth-order valence-electron chi connectivity index (χ4n) is 2.21. The molecule has 3 N–H and O–H groups in total. The van der Waals surface area contributed by atoms with E-state index in [0.717, 1.165) is 41.8 Å². The Kier molecular flexibility index (Phi) is 5.36. The second-order valence-corrected chi connectivity index (χ2v) is 6.46. The molecule has 0 bridgehead atoms. The van der Waals surface area contributed by atoms with Gasteiger partial charge in [-0.2, -0.15) is 4.98 Å². The molecule has 0 fully saturated rings. The van der Waals surface area contributed by atoms with E-state index in [1.165, 1.54) is 0 Å². The fraction of sp³-hybridized carbons (Fsp3) is 0.600. The van der Waals surface area contributed by atoms with Gasteiger partial charge in [0.2, 0.25) is 5.95 Å². The lowest BCUT2D eigenvalue weighted by Crippen LogP contribution is -2.33. The minimum atomic E-state index is -0.723. The largest absolute Gasteiger partial charge is 0.388 e. The van der Waals surface area contributed by atoms with Gasteiger partial charge < -0.3 is 15.7 Å². The topological polar surface area (TPSA) is 70.1 Å². The minimum Gasteiger partial charge on any atom is -0.388 e. The molecule has 2 heterocycles. The van der Waals surface area contributed by atoms with Crippen molar-refractivity contribution < 1.29 is 5.11 Å². The zero-order chi connectivity index (χ0) is 15.3. The third-order valence-corrected chi connectivity index (χ3v) is 4.09. The molecular formula is C15H24N4OS. The van der Waals surface area contributed by atoms with Crippen molar-refractivity contribution in [2.75, 3.05) is 23.7 Å². The van der Waals surface area contributed by atoms with Crippen molar-refractivity contribution in [2.24, 2.45) is 0 Å².